The molecule has 0 aliphatic rings. The van der Waals surface area contributed by atoms with E-state index in [4.69, 9.17) is 27.6 Å². The molecule has 1 aromatic heterocycles. The third-order valence-corrected chi connectivity index (χ3v) is 2.54. The van der Waals surface area contributed by atoms with Gasteiger partial charge in [0.2, 0.25) is 5.22 Å². The summed E-state index contributed by atoms with van der Waals surface area (Å²) < 4.78 is 4.81. The highest BCUT2D eigenvalue weighted by atomic mass is 35.5. The van der Waals surface area contributed by atoms with Crippen molar-refractivity contribution in [1.82, 2.24) is 5.32 Å². The van der Waals surface area contributed by atoms with Gasteiger partial charge in [-0.3, -0.25) is 4.79 Å². The number of hydrogen-bond donors (Lipinski definition) is 1. The molecule has 0 aliphatic carbocycles. The van der Waals surface area contributed by atoms with Crippen molar-refractivity contribution in [2.45, 2.75) is 19.4 Å². The maximum Gasteiger partial charge on any atom is 0.256 e. The van der Waals surface area contributed by atoms with Crippen LogP contribution in [0.1, 0.15) is 23.7 Å². The lowest BCUT2D eigenvalue weighted by Gasteiger charge is -2.12. The van der Waals surface area contributed by atoms with Gasteiger partial charge < -0.3 is 9.73 Å². The first-order chi connectivity index (χ1) is 6.69. The molecule has 0 bridgehead atoms. The Kier molecular flexibility index (Phi) is 4.29. The molecular formula is C9H11Cl2NO2. The maximum absolute atomic E-state index is 11.5. The summed E-state index contributed by atoms with van der Waals surface area (Å²) in [4.78, 5) is 11.5. The van der Waals surface area contributed by atoms with Crippen molar-refractivity contribution in [3.8, 4) is 0 Å². The minimum atomic E-state index is -0.253. The first-order valence-corrected chi connectivity index (χ1v) is 5.20. The van der Waals surface area contributed by atoms with Crippen LogP contribution in [0.2, 0.25) is 5.22 Å². The number of hydrogen-bond acceptors (Lipinski definition) is 2. The predicted octanol–water partition coefficient (Wildman–Crippen LogP) is 2.68. The van der Waals surface area contributed by atoms with E-state index in [1.165, 1.54) is 12.3 Å². The molecule has 5 heteroatoms. The molecule has 0 saturated heterocycles. The molecule has 78 valence electrons. The number of furan rings is 1. The molecule has 0 radical (unpaired) electrons. The second-order valence-electron chi connectivity index (χ2n) is 2.84. The van der Waals surface area contributed by atoms with E-state index >= 15 is 0 Å². The van der Waals surface area contributed by atoms with Gasteiger partial charge in [0.25, 0.3) is 5.91 Å². The van der Waals surface area contributed by atoms with Gasteiger partial charge in [0.15, 0.2) is 0 Å². The second-order valence-corrected chi connectivity index (χ2v) is 3.49. The molecule has 0 aromatic carbocycles. The van der Waals surface area contributed by atoms with Crippen LogP contribution >= 0.6 is 23.2 Å². The number of rotatable bonds is 4. The van der Waals surface area contributed by atoms with Gasteiger partial charge >= 0.3 is 0 Å². The summed E-state index contributed by atoms with van der Waals surface area (Å²) in [5.74, 6) is 0.133. The standard InChI is InChI=1S/C9H11Cl2NO2/c1-2-6(5-10)12-9(13)7-3-4-14-8(7)11/h3-4,6H,2,5H2,1H3,(H,12,13). The van der Waals surface area contributed by atoms with Gasteiger partial charge in [0.05, 0.1) is 11.8 Å². The normalized spacial score (nSPS) is 12.5. The fourth-order valence-electron chi connectivity index (χ4n) is 0.969. The van der Waals surface area contributed by atoms with E-state index in [9.17, 15) is 4.79 Å². The van der Waals surface area contributed by atoms with Crippen LogP contribution in [-0.2, 0) is 0 Å². The number of carbonyl (C=O) groups excluding carboxylic acids is 1. The van der Waals surface area contributed by atoms with E-state index in [2.05, 4.69) is 5.32 Å². The van der Waals surface area contributed by atoms with Gasteiger partial charge in [-0.15, -0.1) is 11.6 Å². The number of halogens is 2. The van der Waals surface area contributed by atoms with Crippen molar-refractivity contribution < 1.29 is 9.21 Å². The van der Waals surface area contributed by atoms with Crippen molar-refractivity contribution in [2.24, 2.45) is 0 Å². The molecule has 14 heavy (non-hydrogen) atoms. The van der Waals surface area contributed by atoms with Gasteiger partial charge in [-0.05, 0) is 24.1 Å². The lowest BCUT2D eigenvalue weighted by atomic mass is 10.2. The monoisotopic (exact) mass is 235 g/mol. The molecule has 0 aliphatic heterocycles. The van der Waals surface area contributed by atoms with E-state index in [0.717, 1.165) is 6.42 Å². The summed E-state index contributed by atoms with van der Waals surface area (Å²) in [6.45, 7) is 1.95. The highest BCUT2D eigenvalue weighted by Crippen LogP contribution is 2.16. The number of nitrogens with one attached hydrogen (secondary N) is 1. The van der Waals surface area contributed by atoms with Gasteiger partial charge in [0, 0.05) is 11.9 Å². The van der Waals surface area contributed by atoms with Gasteiger partial charge in [-0.25, -0.2) is 0 Å². The molecule has 1 atom stereocenters. The third-order valence-electron chi connectivity index (χ3n) is 1.88. The summed E-state index contributed by atoms with van der Waals surface area (Å²) in [6.07, 6.45) is 2.16. The van der Waals surface area contributed by atoms with E-state index in [1.54, 1.807) is 0 Å². The van der Waals surface area contributed by atoms with Gasteiger partial charge in [-0.1, -0.05) is 6.92 Å². The van der Waals surface area contributed by atoms with Crippen LogP contribution in [0.4, 0.5) is 0 Å². The second kappa shape index (κ2) is 5.27. The Balaban J connectivity index is 2.63. The number of amides is 1. The molecule has 0 fully saturated rings. The van der Waals surface area contributed by atoms with E-state index < -0.39 is 0 Å². The molecule has 0 spiro atoms. The molecular weight excluding hydrogens is 225 g/mol. The highest BCUT2D eigenvalue weighted by Gasteiger charge is 2.15. The van der Waals surface area contributed by atoms with Crippen LogP contribution in [0.5, 0.6) is 0 Å². The highest BCUT2D eigenvalue weighted by molar-refractivity contribution is 6.32. The quantitative estimate of drug-likeness (QED) is 0.816. The Morgan fingerprint density at radius 3 is 2.86 bits per heavy atom. The average molecular weight is 236 g/mol. The number of carbonyl (C=O) groups is 1. The fraction of sp³-hybridized carbons (Fsp3) is 0.444. The largest absolute Gasteiger partial charge is 0.452 e. The van der Waals surface area contributed by atoms with Gasteiger partial charge in [0.1, 0.15) is 0 Å². The molecule has 1 N–H and O–H groups in total. The number of alkyl halides is 1. The molecule has 1 amide bonds. The van der Waals surface area contributed by atoms with Crippen molar-refractivity contribution in [1.29, 1.82) is 0 Å². The zero-order chi connectivity index (χ0) is 10.6. The van der Waals surface area contributed by atoms with Crippen LogP contribution in [-0.4, -0.2) is 17.8 Å². The first-order valence-electron chi connectivity index (χ1n) is 4.28. The van der Waals surface area contributed by atoms with Crippen molar-refractivity contribution in [3.05, 3.63) is 23.1 Å². The van der Waals surface area contributed by atoms with Crippen molar-refractivity contribution in [3.63, 3.8) is 0 Å². The van der Waals surface area contributed by atoms with Crippen LogP contribution in [0.3, 0.4) is 0 Å². The van der Waals surface area contributed by atoms with E-state index in [1.807, 2.05) is 6.92 Å². The van der Waals surface area contributed by atoms with E-state index in [-0.39, 0.29) is 17.2 Å². The Morgan fingerprint density at radius 2 is 2.43 bits per heavy atom. The topological polar surface area (TPSA) is 42.2 Å². The zero-order valence-corrected chi connectivity index (χ0v) is 9.23. The fourth-order valence-corrected chi connectivity index (χ4v) is 1.46. The summed E-state index contributed by atoms with van der Waals surface area (Å²) in [5, 5.41) is 2.85. The molecule has 1 heterocycles. The summed E-state index contributed by atoms with van der Waals surface area (Å²) in [5.41, 5.74) is 0.343. The third kappa shape index (κ3) is 2.66. The molecule has 1 aromatic rings. The Labute approximate surface area is 92.4 Å². The molecule has 3 nitrogen and oxygen atoms in total. The Bertz CT molecular complexity index is 308. The van der Waals surface area contributed by atoms with Crippen LogP contribution < -0.4 is 5.32 Å². The smallest absolute Gasteiger partial charge is 0.256 e. The van der Waals surface area contributed by atoms with Gasteiger partial charge in [-0.2, -0.15) is 0 Å². The SMILES string of the molecule is CCC(CCl)NC(=O)c1ccoc1Cl. The first kappa shape index (κ1) is 11.4. The maximum atomic E-state index is 11.5. The van der Waals surface area contributed by atoms with Crippen LogP contribution in [0.25, 0.3) is 0 Å². The summed E-state index contributed by atoms with van der Waals surface area (Å²) in [6, 6.07) is 1.49. The van der Waals surface area contributed by atoms with Crippen molar-refractivity contribution >= 4 is 29.1 Å². The van der Waals surface area contributed by atoms with Crippen LogP contribution in [0, 0.1) is 0 Å². The van der Waals surface area contributed by atoms with E-state index in [0.29, 0.717) is 11.4 Å². The van der Waals surface area contributed by atoms with Crippen molar-refractivity contribution in [2.75, 3.05) is 5.88 Å². The lowest BCUT2D eigenvalue weighted by molar-refractivity contribution is 0.0939. The average Bonchev–Trinajstić information content (AvgIpc) is 2.60. The Hall–Kier alpha value is -0.670. The Morgan fingerprint density at radius 1 is 1.71 bits per heavy atom. The predicted molar refractivity (Wildman–Crippen MR) is 56.0 cm³/mol. The zero-order valence-electron chi connectivity index (χ0n) is 7.72. The minimum absolute atomic E-state index is 0.0323. The molecule has 1 unspecified atom stereocenters. The summed E-state index contributed by atoms with van der Waals surface area (Å²) in [7, 11) is 0. The molecule has 0 saturated carbocycles. The van der Waals surface area contributed by atoms with Crippen LogP contribution in [0.15, 0.2) is 16.7 Å². The lowest BCUT2D eigenvalue weighted by Crippen LogP contribution is -2.35. The minimum Gasteiger partial charge on any atom is -0.452 e. The summed E-state index contributed by atoms with van der Waals surface area (Å²) >= 11 is 11.3. The molecule has 1 rings (SSSR count).